The Kier molecular flexibility index (Phi) is 3.94. The first-order valence-corrected chi connectivity index (χ1v) is 5.03. The van der Waals surface area contributed by atoms with Crippen molar-refractivity contribution >= 4 is 0 Å². The summed E-state index contributed by atoms with van der Waals surface area (Å²) in [6, 6.07) is 7.82. The maximum absolute atomic E-state index is 8.62. The fourth-order valence-electron chi connectivity index (χ4n) is 1.44. The van der Waals surface area contributed by atoms with Gasteiger partial charge in [0.25, 0.3) is 0 Å². The lowest BCUT2D eigenvalue weighted by Crippen LogP contribution is -1.98. The predicted octanol–water partition coefficient (Wildman–Crippen LogP) is 3.14. The van der Waals surface area contributed by atoms with Crippen LogP contribution in [0.4, 0.5) is 0 Å². The first-order chi connectivity index (χ1) is 7.17. The third-order valence-electron chi connectivity index (χ3n) is 2.45. The molecule has 1 heterocycles. The normalized spacial score (nSPS) is 12.1. The summed E-state index contributed by atoms with van der Waals surface area (Å²) in [6.07, 6.45) is 1.41. The van der Waals surface area contributed by atoms with E-state index < -0.39 is 5.92 Å². The second-order valence-electron chi connectivity index (χ2n) is 3.74. The van der Waals surface area contributed by atoms with Gasteiger partial charge in [-0.2, -0.15) is 10.5 Å². The fourth-order valence-corrected chi connectivity index (χ4v) is 1.44. The van der Waals surface area contributed by atoms with Gasteiger partial charge in [-0.05, 0) is 31.9 Å². The van der Waals surface area contributed by atoms with Crippen LogP contribution < -0.4 is 0 Å². The molecule has 0 spiro atoms. The Morgan fingerprint density at radius 3 is 2.40 bits per heavy atom. The van der Waals surface area contributed by atoms with Crippen LogP contribution in [0.5, 0.6) is 0 Å². The molecular formula is C12H14N2O. The summed E-state index contributed by atoms with van der Waals surface area (Å²) in [5.41, 5.74) is 0. The van der Waals surface area contributed by atoms with Crippen LogP contribution in [0.2, 0.25) is 0 Å². The summed E-state index contributed by atoms with van der Waals surface area (Å²) in [4.78, 5) is 0. The lowest BCUT2D eigenvalue weighted by molar-refractivity contribution is 0.433. The number of nitriles is 2. The van der Waals surface area contributed by atoms with Gasteiger partial charge in [-0.1, -0.05) is 6.92 Å². The molecule has 1 aromatic rings. The van der Waals surface area contributed by atoms with Gasteiger partial charge >= 0.3 is 0 Å². The largest absolute Gasteiger partial charge is 0.466 e. The summed E-state index contributed by atoms with van der Waals surface area (Å²) in [7, 11) is 0. The van der Waals surface area contributed by atoms with Gasteiger partial charge in [0.15, 0.2) is 0 Å². The van der Waals surface area contributed by atoms with E-state index in [-0.39, 0.29) is 5.92 Å². The van der Waals surface area contributed by atoms with Crippen LogP contribution in [0.15, 0.2) is 16.5 Å². The van der Waals surface area contributed by atoms with Gasteiger partial charge in [0.05, 0.1) is 12.1 Å². The molecule has 0 saturated heterocycles. The van der Waals surface area contributed by atoms with Gasteiger partial charge in [-0.15, -0.1) is 0 Å². The number of rotatable bonds is 4. The number of hydrogen-bond donors (Lipinski definition) is 0. The highest BCUT2D eigenvalue weighted by molar-refractivity contribution is 5.10. The van der Waals surface area contributed by atoms with Crippen molar-refractivity contribution in [3.8, 4) is 12.1 Å². The second kappa shape index (κ2) is 5.22. The third-order valence-corrected chi connectivity index (χ3v) is 2.45. The first kappa shape index (κ1) is 11.3. The third kappa shape index (κ3) is 3.14. The van der Waals surface area contributed by atoms with Crippen LogP contribution in [0, 0.1) is 35.5 Å². The summed E-state index contributed by atoms with van der Waals surface area (Å²) in [5, 5.41) is 17.2. The fraction of sp³-hybridized carbons (Fsp3) is 0.500. The van der Waals surface area contributed by atoms with E-state index in [9.17, 15) is 0 Å². The highest BCUT2D eigenvalue weighted by atomic mass is 16.3. The van der Waals surface area contributed by atoms with E-state index in [1.54, 1.807) is 0 Å². The van der Waals surface area contributed by atoms with E-state index in [1.165, 1.54) is 0 Å². The average Bonchev–Trinajstić information content (AvgIpc) is 2.66. The molecule has 1 atom stereocenters. The molecule has 0 saturated carbocycles. The Labute approximate surface area is 89.9 Å². The molecule has 1 rings (SSSR count). The van der Waals surface area contributed by atoms with Crippen molar-refractivity contribution in [3.63, 3.8) is 0 Å². The molecule has 78 valence electrons. The molecule has 0 fully saturated rings. The van der Waals surface area contributed by atoms with Crippen LogP contribution in [-0.2, 0) is 0 Å². The number of furan rings is 1. The Morgan fingerprint density at radius 1 is 1.27 bits per heavy atom. The van der Waals surface area contributed by atoms with Crippen molar-refractivity contribution in [2.75, 3.05) is 0 Å². The van der Waals surface area contributed by atoms with Crippen molar-refractivity contribution in [2.45, 2.75) is 32.6 Å². The summed E-state index contributed by atoms with van der Waals surface area (Å²) in [6.45, 7) is 3.95. The minimum atomic E-state index is -0.497. The van der Waals surface area contributed by atoms with Crippen LogP contribution in [0.1, 0.15) is 37.2 Å². The first-order valence-electron chi connectivity index (χ1n) is 5.03. The van der Waals surface area contributed by atoms with Crippen molar-refractivity contribution in [1.82, 2.24) is 0 Å². The molecular weight excluding hydrogens is 188 g/mol. The summed E-state index contributed by atoms with van der Waals surface area (Å²) >= 11 is 0. The highest BCUT2D eigenvalue weighted by Crippen LogP contribution is 2.24. The van der Waals surface area contributed by atoms with E-state index in [2.05, 4.69) is 0 Å². The summed E-state index contributed by atoms with van der Waals surface area (Å²) < 4.78 is 5.48. The number of nitrogens with zero attached hydrogens (tertiary/aromatic N) is 2. The quantitative estimate of drug-likeness (QED) is 0.753. The SMILES string of the molecule is Cc1ccc(C(C)CCC(C#N)C#N)o1. The van der Waals surface area contributed by atoms with E-state index in [1.807, 2.05) is 38.1 Å². The van der Waals surface area contributed by atoms with Gasteiger partial charge in [-0.25, -0.2) is 0 Å². The molecule has 3 nitrogen and oxygen atoms in total. The van der Waals surface area contributed by atoms with E-state index in [4.69, 9.17) is 14.9 Å². The Morgan fingerprint density at radius 2 is 1.93 bits per heavy atom. The number of hydrogen-bond acceptors (Lipinski definition) is 3. The van der Waals surface area contributed by atoms with Crippen molar-refractivity contribution in [1.29, 1.82) is 10.5 Å². The molecule has 0 aromatic carbocycles. The molecule has 0 N–H and O–H groups in total. The molecule has 0 radical (unpaired) electrons. The highest BCUT2D eigenvalue weighted by Gasteiger charge is 2.13. The van der Waals surface area contributed by atoms with Gasteiger partial charge in [0.2, 0.25) is 0 Å². The average molecular weight is 202 g/mol. The Balaban J connectivity index is 2.47. The van der Waals surface area contributed by atoms with Crippen molar-refractivity contribution in [2.24, 2.45) is 5.92 Å². The van der Waals surface area contributed by atoms with E-state index in [0.29, 0.717) is 6.42 Å². The maximum Gasteiger partial charge on any atom is 0.133 e. The van der Waals surface area contributed by atoms with E-state index in [0.717, 1.165) is 17.9 Å². The monoisotopic (exact) mass is 202 g/mol. The van der Waals surface area contributed by atoms with Crippen LogP contribution >= 0.6 is 0 Å². The smallest absolute Gasteiger partial charge is 0.133 e. The molecule has 0 aliphatic rings. The molecule has 0 bridgehead atoms. The molecule has 3 heteroatoms. The molecule has 1 unspecified atom stereocenters. The lowest BCUT2D eigenvalue weighted by atomic mass is 9.97. The van der Waals surface area contributed by atoms with Crippen LogP contribution in [-0.4, -0.2) is 0 Å². The topological polar surface area (TPSA) is 60.7 Å². The number of aryl methyl sites for hydroxylation is 1. The zero-order chi connectivity index (χ0) is 11.3. The minimum absolute atomic E-state index is 0.267. The molecule has 0 amide bonds. The molecule has 0 aliphatic carbocycles. The van der Waals surface area contributed by atoms with E-state index >= 15 is 0 Å². The van der Waals surface area contributed by atoms with Crippen LogP contribution in [0.3, 0.4) is 0 Å². The molecule has 0 aliphatic heterocycles. The second-order valence-corrected chi connectivity index (χ2v) is 3.74. The summed E-state index contributed by atoms with van der Waals surface area (Å²) in [5.74, 6) is 1.60. The Hall–Kier alpha value is -1.74. The molecule has 15 heavy (non-hydrogen) atoms. The van der Waals surface area contributed by atoms with Gasteiger partial charge in [0, 0.05) is 5.92 Å². The van der Waals surface area contributed by atoms with Gasteiger partial charge in [-0.3, -0.25) is 0 Å². The van der Waals surface area contributed by atoms with Gasteiger partial charge in [0.1, 0.15) is 17.4 Å². The molecule has 1 aromatic heterocycles. The minimum Gasteiger partial charge on any atom is -0.466 e. The zero-order valence-electron chi connectivity index (χ0n) is 9.03. The predicted molar refractivity (Wildman–Crippen MR) is 55.8 cm³/mol. The van der Waals surface area contributed by atoms with Gasteiger partial charge < -0.3 is 4.42 Å². The zero-order valence-corrected chi connectivity index (χ0v) is 9.03. The standard InChI is InChI=1S/C12H14N2O/c1-9(3-5-11(7-13)8-14)12-6-4-10(2)15-12/h4,6,9,11H,3,5H2,1-2H3. The van der Waals surface area contributed by atoms with Crippen molar-refractivity contribution < 1.29 is 4.42 Å². The van der Waals surface area contributed by atoms with Crippen LogP contribution in [0.25, 0.3) is 0 Å². The Bertz CT molecular complexity index is 380. The maximum atomic E-state index is 8.62. The van der Waals surface area contributed by atoms with Crippen molar-refractivity contribution in [3.05, 3.63) is 23.7 Å². The lowest BCUT2D eigenvalue weighted by Gasteiger charge is -2.07.